The number of carbonyl (C=O) groups is 1. The summed E-state index contributed by atoms with van der Waals surface area (Å²) >= 11 is 0. The number of esters is 1. The minimum Gasteiger partial charge on any atom is -0.462 e. The second kappa shape index (κ2) is 8.85. The third kappa shape index (κ3) is 4.20. The van der Waals surface area contributed by atoms with E-state index in [4.69, 9.17) is 10.5 Å². The number of nitrogen functional groups attached to an aromatic ring is 1. The van der Waals surface area contributed by atoms with Crippen LogP contribution in [0.5, 0.6) is 0 Å². The number of nitrogens with zero attached hydrogens (tertiary/aromatic N) is 3. The standard InChI is InChI=1S/C21H23N5O2/c1-3-26(17-11-6-5-7-12-17)20-18(22)19(23-14-24-20)25-16-10-8-9-15(13-16)21(27)28-4-2/h5-14H,3-4,22H2,1-2H3,(H,23,24,25). The van der Waals surface area contributed by atoms with Gasteiger partial charge in [0.1, 0.15) is 12.0 Å². The van der Waals surface area contributed by atoms with E-state index in [1.54, 1.807) is 25.1 Å². The lowest BCUT2D eigenvalue weighted by molar-refractivity contribution is 0.0526. The summed E-state index contributed by atoms with van der Waals surface area (Å²) in [5.74, 6) is 0.719. The molecule has 0 unspecified atom stereocenters. The molecule has 0 aliphatic carbocycles. The molecule has 0 radical (unpaired) electrons. The minimum absolute atomic E-state index is 0.324. The van der Waals surface area contributed by atoms with Gasteiger partial charge >= 0.3 is 5.97 Å². The molecule has 3 N–H and O–H groups in total. The number of nitrogens with one attached hydrogen (secondary N) is 1. The molecule has 3 aromatic rings. The molecule has 0 bridgehead atoms. The van der Waals surface area contributed by atoms with Crippen LogP contribution in [0.3, 0.4) is 0 Å². The number of carbonyl (C=O) groups excluding carboxylic acids is 1. The number of benzene rings is 2. The summed E-state index contributed by atoms with van der Waals surface area (Å²) in [6.07, 6.45) is 1.47. The van der Waals surface area contributed by atoms with Crippen LogP contribution >= 0.6 is 0 Å². The minimum atomic E-state index is -0.372. The Morgan fingerprint density at radius 3 is 2.61 bits per heavy atom. The fourth-order valence-electron chi connectivity index (χ4n) is 2.84. The van der Waals surface area contributed by atoms with Crippen LogP contribution in [0.2, 0.25) is 0 Å². The molecular weight excluding hydrogens is 354 g/mol. The molecule has 0 fully saturated rings. The quantitative estimate of drug-likeness (QED) is 0.598. The SMILES string of the molecule is CCOC(=O)c1cccc(Nc2ncnc(N(CC)c3ccccc3)c2N)c1. The molecule has 0 amide bonds. The van der Waals surface area contributed by atoms with Crippen LogP contribution in [0, 0.1) is 0 Å². The van der Waals surface area contributed by atoms with Gasteiger partial charge in [0.05, 0.1) is 12.2 Å². The van der Waals surface area contributed by atoms with E-state index in [1.165, 1.54) is 6.33 Å². The molecule has 0 aliphatic rings. The van der Waals surface area contributed by atoms with Gasteiger partial charge in [-0.1, -0.05) is 24.3 Å². The zero-order chi connectivity index (χ0) is 19.9. The summed E-state index contributed by atoms with van der Waals surface area (Å²) in [7, 11) is 0. The van der Waals surface area contributed by atoms with E-state index in [2.05, 4.69) is 15.3 Å². The molecule has 0 saturated carbocycles. The van der Waals surface area contributed by atoms with E-state index in [1.807, 2.05) is 48.2 Å². The fourth-order valence-corrected chi connectivity index (χ4v) is 2.84. The molecule has 7 heteroatoms. The Labute approximate surface area is 164 Å². The van der Waals surface area contributed by atoms with Gasteiger partial charge in [-0.15, -0.1) is 0 Å². The Kier molecular flexibility index (Phi) is 6.06. The summed E-state index contributed by atoms with van der Waals surface area (Å²) < 4.78 is 5.05. The van der Waals surface area contributed by atoms with Crippen molar-refractivity contribution >= 4 is 34.7 Å². The zero-order valence-corrected chi connectivity index (χ0v) is 15.9. The van der Waals surface area contributed by atoms with E-state index < -0.39 is 0 Å². The zero-order valence-electron chi connectivity index (χ0n) is 15.9. The third-order valence-electron chi connectivity index (χ3n) is 4.14. The first kappa shape index (κ1) is 19.2. The highest BCUT2D eigenvalue weighted by atomic mass is 16.5. The van der Waals surface area contributed by atoms with Crippen molar-refractivity contribution in [2.24, 2.45) is 0 Å². The molecule has 7 nitrogen and oxygen atoms in total. The lowest BCUT2D eigenvalue weighted by atomic mass is 10.2. The van der Waals surface area contributed by atoms with Gasteiger partial charge < -0.3 is 20.7 Å². The van der Waals surface area contributed by atoms with Crippen LogP contribution in [-0.2, 0) is 4.74 Å². The normalized spacial score (nSPS) is 10.4. The van der Waals surface area contributed by atoms with Crippen LogP contribution in [-0.4, -0.2) is 29.1 Å². The number of rotatable bonds is 7. The average Bonchev–Trinajstić information content (AvgIpc) is 2.72. The Morgan fingerprint density at radius 2 is 1.89 bits per heavy atom. The molecule has 2 aromatic carbocycles. The fraction of sp³-hybridized carbons (Fsp3) is 0.190. The third-order valence-corrected chi connectivity index (χ3v) is 4.14. The number of hydrogen-bond acceptors (Lipinski definition) is 7. The Bertz CT molecular complexity index is 947. The summed E-state index contributed by atoms with van der Waals surface area (Å²) in [6.45, 7) is 4.83. The highest BCUT2D eigenvalue weighted by molar-refractivity contribution is 5.91. The molecule has 0 saturated heterocycles. The van der Waals surface area contributed by atoms with Gasteiger partial charge in [-0.25, -0.2) is 14.8 Å². The van der Waals surface area contributed by atoms with Crippen molar-refractivity contribution in [3.05, 3.63) is 66.5 Å². The second-order valence-corrected chi connectivity index (χ2v) is 5.97. The maximum Gasteiger partial charge on any atom is 0.338 e. The number of hydrogen-bond donors (Lipinski definition) is 2. The van der Waals surface area contributed by atoms with Crippen molar-refractivity contribution in [1.82, 2.24) is 9.97 Å². The van der Waals surface area contributed by atoms with E-state index in [9.17, 15) is 4.79 Å². The molecule has 28 heavy (non-hydrogen) atoms. The molecule has 0 atom stereocenters. The summed E-state index contributed by atoms with van der Waals surface area (Å²) in [6, 6.07) is 16.9. The molecule has 144 valence electrons. The Balaban J connectivity index is 1.90. The van der Waals surface area contributed by atoms with Crippen LogP contribution in [0.25, 0.3) is 0 Å². The molecule has 3 rings (SSSR count). The first-order chi connectivity index (χ1) is 13.6. The van der Waals surface area contributed by atoms with Gasteiger partial charge in [0.15, 0.2) is 11.6 Å². The molecule has 1 heterocycles. The predicted octanol–water partition coefficient (Wildman–Crippen LogP) is 4.14. The smallest absolute Gasteiger partial charge is 0.338 e. The van der Waals surface area contributed by atoms with E-state index in [0.29, 0.717) is 41.7 Å². The number of para-hydroxylation sites is 1. The van der Waals surface area contributed by atoms with Crippen molar-refractivity contribution in [2.75, 3.05) is 29.1 Å². The highest BCUT2D eigenvalue weighted by Crippen LogP contribution is 2.32. The Morgan fingerprint density at radius 1 is 1.11 bits per heavy atom. The highest BCUT2D eigenvalue weighted by Gasteiger charge is 2.16. The number of nitrogens with two attached hydrogens (primary N) is 1. The first-order valence-electron chi connectivity index (χ1n) is 9.11. The molecule has 0 spiro atoms. The number of aromatic nitrogens is 2. The molecule has 1 aromatic heterocycles. The first-order valence-corrected chi connectivity index (χ1v) is 9.11. The maximum atomic E-state index is 11.9. The van der Waals surface area contributed by atoms with Crippen molar-refractivity contribution in [2.45, 2.75) is 13.8 Å². The van der Waals surface area contributed by atoms with Gasteiger partial charge in [0, 0.05) is 17.9 Å². The van der Waals surface area contributed by atoms with Gasteiger partial charge in [0.2, 0.25) is 0 Å². The van der Waals surface area contributed by atoms with E-state index >= 15 is 0 Å². The summed E-state index contributed by atoms with van der Waals surface area (Å²) in [5, 5.41) is 3.17. The van der Waals surface area contributed by atoms with Crippen LogP contribution in [0.1, 0.15) is 24.2 Å². The molecule has 0 aliphatic heterocycles. The van der Waals surface area contributed by atoms with Gasteiger partial charge in [-0.05, 0) is 44.2 Å². The summed E-state index contributed by atoms with van der Waals surface area (Å²) in [5.41, 5.74) is 8.93. The monoisotopic (exact) mass is 377 g/mol. The average molecular weight is 377 g/mol. The maximum absolute atomic E-state index is 11.9. The van der Waals surface area contributed by atoms with Gasteiger partial charge in [-0.3, -0.25) is 0 Å². The Hall–Kier alpha value is -3.61. The van der Waals surface area contributed by atoms with E-state index in [0.717, 1.165) is 5.69 Å². The van der Waals surface area contributed by atoms with E-state index in [-0.39, 0.29) is 5.97 Å². The van der Waals surface area contributed by atoms with Crippen molar-refractivity contribution in [3.8, 4) is 0 Å². The second-order valence-electron chi connectivity index (χ2n) is 5.97. The van der Waals surface area contributed by atoms with Crippen molar-refractivity contribution < 1.29 is 9.53 Å². The lowest BCUT2D eigenvalue weighted by Gasteiger charge is -2.24. The van der Waals surface area contributed by atoms with Crippen LogP contribution < -0.4 is 16.0 Å². The van der Waals surface area contributed by atoms with Gasteiger partial charge in [0.25, 0.3) is 0 Å². The predicted molar refractivity (Wildman–Crippen MR) is 111 cm³/mol. The van der Waals surface area contributed by atoms with Crippen LogP contribution in [0.4, 0.5) is 28.7 Å². The molecular formula is C21H23N5O2. The van der Waals surface area contributed by atoms with Gasteiger partial charge in [-0.2, -0.15) is 0 Å². The van der Waals surface area contributed by atoms with Crippen LogP contribution in [0.15, 0.2) is 60.9 Å². The summed E-state index contributed by atoms with van der Waals surface area (Å²) in [4.78, 5) is 22.6. The lowest BCUT2D eigenvalue weighted by Crippen LogP contribution is -2.19. The van der Waals surface area contributed by atoms with Crippen molar-refractivity contribution in [1.29, 1.82) is 0 Å². The van der Waals surface area contributed by atoms with Crippen molar-refractivity contribution in [3.63, 3.8) is 0 Å². The number of ether oxygens (including phenoxy) is 1. The number of anilines is 5. The largest absolute Gasteiger partial charge is 0.462 e. The topological polar surface area (TPSA) is 93.4 Å².